The molecule has 0 atom stereocenters. The van der Waals surface area contributed by atoms with Crippen molar-refractivity contribution in [3.05, 3.63) is 55.3 Å². The maximum absolute atomic E-state index is 14.7. The number of rotatable bonds is 5. The highest BCUT2D eigenvalue weighted by Crippen LogP contribution is 2.26. The molecule has 31 heavy (non-hydrogen) atoms. The minimum Gasteiger partial charge on any atom is -0.352 e. The van der Waals surface area contributed by atoms with Crippen LogP contribution in [0.2, 0.25) is 0 Å². The molecule has 0 amide bonds. The van der Waals surface area contributed by atoms with Crippen molar-refractivity contribution in [1.29, 1.82) is 0 Å². The number of fused-ring (bicyclic) bond motifs is 1. The Kier molecular flexibility index (Phi) is 5.13. The summed E-state index contributed by atoms with van der Waals surface area (Å²) in [6, 6.07) is 4.23. The summed E-state index contributed by atoms with van der Waals surface area (Å²) in [4.78, 5) is 21.0. The molecule has 1 fully saturated rings. The summed E-state index contributed by atoms with van der Waals surface area (Å²) in [7, 11) is 0. The molecule has 1 aliphatic rings. The third-order valence-electron chi connectivity index (χ3n) is 5.45. The van der Waals surface area contributed by atoms with E-state index in [9.17, 15) is 4.39 Å². The van der Waals surface area contributed by atoms with Gasteiger partial charge in [-0.05, 0) is 37.8 Å². The van der Waals surface area contributed by atoms with E-state index in [0.717, 1.165) is 37.1 Å². The lowest BCUT2D eigenvalue weighted by Crippen LogP contribution is -2.33. The molecule has 9 nitrogen and oxygen atoms in total. The summed E-state index contributed by atoms with van der Waals surface area (Å²) < 4.78 is 16.5. The van der Waals surface area contributed by atoms with Gasteiger partial charge in [0.1, 0.15) is 17.7 Å². The summed E-state index contributed by atoms with van der Waals surface area (Å²) in [5.41, 5.74) is 8.92. The van der Waals surface area contributed by atoms with Gasteiger partial charge >= 0.3 is 0 Å². The van der Waals surface area contributed by atoms with Crippen molar-refractivity contribution >= 4 is 23.0 Å². The van der Waals surface area contributed by atoms with E-state index in [2.05, 4.69) is 35.6 Å². The van der Waals surface area contributed by atoms with Gasteiger partial charge in [-0.3, -0.25) is 4.40 Å². The van der Waals surface area contributed by atoms with Crippen molar-refractivity contribution in [2.24, 2.45) is 5.73 Å². The molecule has 0 saturated heterocycles. The van der Waals surface area contributed by atoms with Crippen molar-refractivity contribution in [3.63, 3.8) is 0 Å². The van der Waals surface area contributed by atoms with Crippen LogP contribution in [0.25, 0.3) is 17.0 Å². The van der Waals surface area contributed by atoms with E-state index in [1.54, 1.807) is 23.0 Å². The molecule has 10 heteroatoms. The van der Waals surface area contributed by atoms with Gasteiger partial charge in [0.25, 0.3) is 0 Å². The van der Waals surface area contributed by atoms with Crippen LogP contribution in [0, 0.1) is 5.82 Å². The van der Waals surface area contributed by atoms with Crippen LogP contribution in [0.3, 0.4) is 0 Å². The van der Waals surface area contributed by atoms with E-state index >= 15 is 0 Å². The molecule has 4 aromatic rings. The number of imidazole rings is 1. The van der Waals surface area contributed by atoms with Gasteiger partial charge < -0.3 is 16.4 Å². The van der Waals surface area contributed by atoms with Crippen LogP contribution in [0.5, 0.6) is 0 Å². The SMILES string of the molecule is N[C@H]1CC[C@H](Nc2ncc(F)c(-c3cnc4ccc(Nc5cncnc5)cn34)n2)CC1. The number of aromatic nitrogens is 6. The highest BCUT2D eigenvalue weighted by atomic mass is 19.1. The smallest absolute Gasteiger partial charge is 0.223 e. The third-order valence-corrected chi connectivity index (χ3v) is 5.45. The Hall–Kier alpha value is -3.66. The van der Waals surface area contributed by atoms with Gasteiger partial charge in [0.15, 0.2) is 5.82 Å². The zero-order valence-corrected chi connectivity index (χ0v) is 16.7. The largest absolute Gasteiger partial charge is 0.352 e. The van der Waals surface area contributed by atoms with Crippen LogP contribution in [-0.2, 0) is 0 Å². The number of hydrogen-bond acceptors (Lipinski definition) is 8. The molecular formula is C21H22FN9. The van der Waals surface area contributed by atoms with Gasteiger partial charge in [-0.2, -0.15) is 0 Å². The second-order valence-electron chi connectivity index (χ2n) is 7.69. The summed E-state index contributed by atoms with van der Waals surface area (Å²) >= 11 is 0. The van der Waals surface area contributed by atoms with Crippen LogP contribution in [0.1, 0.15) is 25.7 Å². The van der Waals surface area contributed by atoms with E-state index in [1.165, 1.54) is 12.5 Å². The van der Waals surface area contributed by atoms with Gasteiger partial charge in [-0.1, -0.05) is 0 Å². The van der Waals surface area contributed by atoms with Crippen molar-refractivity contribution in [2.75, 3.05) is 10.6 Å². The predicted molar refractivity (Wildman–Crippen MR) is 115 cm³/mol. The first-order valence-electron chi connectivity index (χ1n) is 10.2. The Morgan fingerprint density at radius 2 is 1.77 bits per heavy atom. The number of nitrogens with zero attached hydrogens (tertiary/aromatic N) is 6. The molecule has 1 aliphatic carbocycles. The molecular weight excluding hydrogens is 397 g/mol. The molecule has 4 heterocycles. The molecule has 158 valence electrons. The zero-order valence-electron chi connectivity index (χ0n) is 16.7. The molecule has 1 saturated carbocycles. The van der Waals surface area contributed by atoms with E-state index in [-0.39, 0.29) is 17.8 Å². The molecule has 0 aliphatic heterocycles. The lowest BCUT2D eigenvalue weighted by Gasteiger charge is -2.26. The Labute approximate surface area is 178 Å². The fraction of sp³-hybridized carbons (Fsp3) is 0.286. The zero-order chi connectivity index (χ0) is 21.2. The number of pyridine rings is 1. The molecule has 0 unspecified atom stereocenters. The van der Waals surface area contributed by atoms with E-state index in [0.29, 0.717) is 17.3 Å². The Balaban J connectivity index is 1.45. The lowest BCUT2D eigenvalue weighted by molar-refractivity contribution is 0.409. The highest BCUT2D eigenvalue weighted by Gasteiger charge is 2.20. The monoisotopic (exact) mass is 419 g/mol. The van der Waals surface area contributed by atoms with Crippen molar-refractivity contribution in [1.82, 2.24) is 29.3 Å². The third kappa shape index (κ3) is 4.15. The topological polar surface area (TPSA) is 119 Å². The minimum atomic E-state index is -0.507. The maximum Gasteiger partial charge on any atom is 0.223 e. The Morgan fingerprint density at radius 3 is 2.58 bits per heavy atom. The normalized spacial score (nSPS) is 18.8. The molecule has 0 aromatic carbocycles. The average molecular weight is 419 g/mol. The maximum atomic E-state index is 14.7. The molecule has 5 rings (SSSR count). The van der Waals surface area contributed by atoms with Crippen LogP contribution >= 0.6 is 0 Å². The van der Waals surface area contributed by atoms with Crippen LogP contribution in [0.4, 0.5) is 21.7 Å². The molecule has 0 bridgehead atoms. The second-order valence-corrected chi connectivity index (χ2v) is 7.69. The molecule has 4 N–H and O–H groups in total. The van der Waals surface area contributed by atoms with Gasteiger partial charge in [-0.15, -0.1) is 0 Å². The van der Waals surface area contributed by atoms with E-state index in [1.807, 2.05) is 18.3 Å². The van der Waals surface area contributed by atoms with E-state index < -0.39 is 5.82 Å². The van der Waals surface area contributed by atoms with E-state index in [4.69, 9.17) is 5.73 Å². The first-order chi connectivity index (χ1) is 15.2. The number of nitrogens with two attached hydrogens (primary N) is 1. The average Bonchev–Trinajstić information content (AvgIpc) is 3.20. The lowest BCUT2D eigenvalue weighted by atomic mass is 9.92. The summed E-state index contributed by atoms with van der Waals surface area (Å²) in [6.45, 7) is 0. The summed E-state index contributed by atoms with van der Waals surface area (Å²) in [5, 5.41) is 6.55. The van der Waals surface area contributed by atoms with Crippen LogP contribution in [0.15, 0.2) is 49.4 Å². The van der Waals surface area contributed by atoms with Crippen molar-refractivity contribution < 1.29 is 4.39 Å². The fourth-order valence-corrected chi connectivity index (χ4v) is 3.82. The number of halogens is 1. The first kappa shape index (κ1) is 19.3. The highest BCUT2D eigenvalue weighted by molar-refractivity contribution is 5.65. The first-order valence-corrected chi connectivity index (χ1v) is 10.2. The standard InChI is InChI=1S/C21H22FN9/c22-17-9-27-21(29-14-3-1-13(23)2-4-14)30-20(17)18-10-26-19-6-5-15(11-31(18)19)28-16-7-24-12-25-8-16/h5-14,28H,1-4,23H2,(H,27,29,30)/t13-,14-. The molecule has 0 spiro atoms. The number of hydrogen-bond donors (Lipinski definition) is 3. The number of nitrogens with one attached hydrogen (secondary N) is 2. The molecule has 4 aromatic heterocycles. The van der Waals surface area contributed by atoms with Crippen LogP contribution in [-0.4, -0.2) is 41.4 Å². The number of anilines is 3. The minimum absolute atomic E-state index is 0.192. The Morgan fingerprint density at radius 1 is 0.968 bits per heavy atom. The Bertz CT molecular complexity index is 1190. The van der Waals surface area contributed by atoms with Gasteiger partial charge in [0.2, 0.25) is 5.95 Å². The second kappa shape index (κ2) is 8.23. The fourth-order valence-electron chi connectivity index (χ4n) is 3.82. The van der Waals surface area contributed by atoms with Gasteiger partial charge in [0.05, 0.1) is 41.9 Å². The van der Waals surface area contributed by atoms with Crippen molar-refractivity contribution in [2.45, 2.75) is 37.8 Å². The predicted octanol–water partition coefficient (Wildman–Crippen LogP) is 3.15. The summed E-state index contributed by atoms with van der Waals surface area (Å²) in [5.74, 6) is -0.102. The van der Waals surface area contributed by atoms with Crippen molar-refractivity contribution in [3.8, 4) is 11.4 Å². The van der Waals surface area contributed by atoms with Gasteiger partial charge in [0, 0.05) is 18.3 Å². The van der Waals surface area contributed by atoms with Gasteiger partial charge in [-0.25, -0.2) is 29.3 Å². The molecule has 0 radical (unpaired) electrons. The van der Waals surface area contributed by atoms with Crippen LogP contribution < -0.4 is 16.4 Å². The summed E-state index contributed by atoms with van der Waals surface area (Å²) in [6.07, 6.45) is 13.3. The quantitative estimate of drug-likeness (QED) is 0.451.